The van der Waals surface area contributed by atoms with Crippen molar-refractivity contribution in [3.8, 4) is 0 Å². The number of benzene rings is 1. The van der Waals surface area contributed by atoms with Crippen LogP contribution in [0.15, 0.2) is 52.2 Å². The molecule has 2 rings (SSSR count). The molecule has 0 atom stereocenters. The summed E-state index contributed by atoms with van der Waals surface area (Å²) in [5, 5.41) is 0.924. The maximum atomic E-state index is 11.0. The van der Waals surface area contributed by atoms with Crippen LogP contribution in [0, 0.1) is 0 Å². The normalized spacial score (nSPS) is 10.3. The Morgan fingerprint density at radius 1 is 1.38 bits per heavy atom. The van der Waals surface area contributed by atoms with E-state index in [-0.39, 0.29) is 5.63 Å². The lowest BCUT2D eigenvalue weighted by molar-refractivity contribution is 0.561. The van der Waals surface area contributed by atoms with Gasteiger partial charge in [0.15, 0.2) is 0 Å². The quantitative estimate of drug-likeness (QED) is 0.582. The maximum Gasteiger partial charge on any atom is 0.336 e. The van der Waals surface area contributed by atoms with Crippen LogP contribution in [-0.4, -0.2) is 13.6 Å². The maximum absolute atomic E-state index is 11.0. The fourth-order valence-corrected chi connectivity index (χ4v) is 1.60. The second kappa shape index (κ2) is 4.23. The molecule has 3 nitrogen and oxygen atoms in total. The van der Waals surface area contributed by atoms with Gasteiger partial charge in [0.25, 0.3) is 0 Å². The highest BCUT2D eigenvalue weighted by atomic mass is 16.4. The van der Waals surface area contributed by atoms with Crippen LogP contribution in [0.25, 0.3) is 11.0 Å². The Morgan fingerprint density at radius 2 is 2.19 bits per heavy atom. The van der Waals surface area contributed by atoms with Gasteiger partial charge in [-0.1, -0.05) is 6.08 Å². The van der Waals surface area contributed by atoms with Crippen molar-refractivity contribution in [3.63, 3.8) is 0 Å². The van der Waals surface area contributed by atoms with Gasteiger partial charge < -0.3 is 9.32 Å². The number of hydrogen-bond donors (Lipinski definition) is 0. The molecule has 2 aromatic rings. The molecule has 3 heteroatoms. The van der Waals surface area contributed by atoms with Crippen LogP contribution < -0.4 is 10.5 Å². The summed E-state index contributed by atoms with van der Waals surface area (Å²) in [4.78, 5) is 13.1. The lowest BCUT2D eigenvalue weighted by Gasteiger charge is -2.17. The first-order valence-electron chi connectivity index (χ1n) is 5.06. The second-order valence-corrected chi connectivity index (χ2v) is 3.65. The average Bonchev–Trinajstić information content (AvgIpc) is 2.28. The summed E-state index contributed by atoms with van der Waals surface area (Å²) in [7, 11) is 1.99. The first-order valence-corrected chi connectivity index (χ1v) is 5.06. The first kappa shape index (κ1) is 10.5. The van der Waals surface area contributed by atoms with E-state index in [1.165, 1.54) is 6.07 Å². The summed E-state index contributed by atoms with van der Waals surface area (Å²) in [6, 6.07) is 8.92. The van der Waals surface area contributed by atoms with Gasteiger partial charge in [-0.15, -0.1) is 6.58 Å². The zero-order chi connectivity index (χ0) is 11.5. The SMILES string of the molecule is C=CCN(C)c1ccc2oc(=O)ccc2c1. The standard InChI is InChI=1S/C13H13NO2/c1-3-8-14(2)11-5-6-12-10(9-11)4-7-13(15)16-12/h3-7,9H,1,8H2,2H3. The van der Waals surface area contributed by atoms with Gasteiger partial charge in [-0.05, 0) is 24.3 Å². The van der Waals surface area contributed by atoms with Gasteiger partial charge in [0, 0.05) is 30.7 Å². The van der Waals surface area contributed by atoms with Gasteiger partial charge in [0.2, 0.25) is 0 Å². The minimum atomic E-state index is -0.320. The van der Waals surface area contributed by atoms with Gasteiger partial charge in [-0.25, -0.2) is 4.79 Å². The molecule has 0 aliphatic carbocycles. The molecule has 1 aromatic heterocycles. The third kappa shape index (κ3) is 1.98. The second-order valence-electron chi connectivity index (χ2n) is 3.65. The Morgan fingerprint density at radius 3 is 2.94 bits per heavy atom. The molecule has 82 valence electrons. The average molecular weight is 215 g/mol. The van der Waals surface area contributed by atoms with E-state index in [9.17, 15) is 4.79 Å². The number of likely N-dealkylation sites (N-methyl/N-ethyl adjacent to an activating group) is 1. The van der Waals surface area contributed by atoms with Crippen LogP contribution in [0.5, 0.6) is 0 Å². The van der Waals surface area contributed by atoms with Crippen molar-refractivity contribution in [3.05, 3.63) is 53.4 Å². The van der Waals surface area contributed by atoms with E-state index in [0.29, 0.717) is 5.58 Å². The van der Waals surface area contributed by atoms with E-state index in [1.54, 1.807) is 6.07 Å². The molecule has 0 amide bonds. The van der Waals surface area contributed by atoms with Crippen LogP contribution in [0.2, 0.25) is 0 Å². The van der Waals surface area contributed by atoms with Gasteiger partial charge in [-0.2, -0.15) is 0 Å². The number of anilines is 1. The molecule has 0 fully saturated rings. The molecule has 0 bridgehead atoms. The molecule has 0 spiro atoms. The Balaban J connectivity index is 2.48. The van der Waals surface area contributed by atoms with Crippen molar-refractivity contribution in [2.24, 2.45) is 0 Å². The van der Waals surface area contributed by atoms with Gasteiger partial charge in [0.1, 0.15) is 5.58 Å². The molecular formula is C13H13NO2. The van der Waals surface area contributed by atoms with Gasteiger partial charge in [-0.3, -0.25) is 0 Å². The highest BCUT2D eigenvalue weighted by Crippen LogP contribution is 2.20. The van der Waals surface area contributed by atoms with E-state index in [1.807, 2.05) is 31.3 Å². The van der Waals surface area contributed by atoms with Crippen molar-refractivity contribution in [2.75, 3.05) is 18.5 Å². The van der Waals surface area contributed by atoms with Crippen LogP contribution in [0.1, 0.15) is 0 Å². The van der Waals surface area contributed by atoms with Crippen molar-refractivity contribution < 1.29 is 4.42 Å². The Hall–Kier alpha value is -2.03. The largest absolute Gasteiger partial charge is 0.423 e. The number of rotatable bonds is 3. The molecule has 16 heavy (non-hydrogen) atoms. The fraction of sp³-hybridized carbons (Fsp3) is 0.154. The Kier molecular flexibility index (Phi) is 2.77. The number of fused-ring (bicyclic) bond motifs is 1. The van der Waals surface area contributed by atoms with Crippen molar-refractivity contribution >= 4 is 16.7 Å². The van der Waals surface area contributed by atoms with Crippen LogP contribution >= 0.6 is 0 Å². The van der Waals surface area contributed by atoms with E-state index in [2.05, 4.69) is 11.5 Å². The summed E-state index contributed by atoms with van der Waals surface area (Å²) in [5.41, 5.74) is 1.36. The molecule has 0 unspecified atom stereocenters. The highest BCUT2D eigenvalue weighted by molar-refractivity contribution is 5.80. The zero-order valence-corrected chi connectivity index (χ0v) is 9.14. The summed E-state index contributed by atoms with van der Waals surface area (Å²) in [6.45, 7) is 4.48. The van der Waals surface area contributed by atoms with Crippen LogP contribution in [-0.2, 0) is 0 Å². The zero-order valence-electron chi connectivity index (χ0n) is 9.14. The van der Waals surface area contributed by atoms with E-state index in [4.69, 9.17) is 4.42 Å². The molecule has 0 N–H and O–H groups in total. The van der Waals surface area contributed by atoms with Crippen molar-refractivity contribution in [1.29, 1.82) is 0 Å². The summed E-state index contributed by atoms with van der Waals surface area (Å²) < 4.78 is 5.06. The summed E-state index contributed by atoms with van der Waals surface area (Å²) >= 11 is 0. The topological polar surface area (TPSA) is 33.5 Å². The minimum Gasteiger partial charge on any atom is -0.423 e. The smallest absolute Gasteiger partial charge is 0.336 e. The molecule has 1 aromatic carbocycles. The van der Waals surface area contributed by atoms with Crippen LogP contribution in [0.4, 0.5) is 5.69 Å². The van der Waals surface area contributed by atoms with Crippen molar-refractivity contribution in [2.45, 2.75) is 0 Å². The lowest BCUT2D eigenvalue weighted by atomic mass is 10.2. The molecule has 0 saturated heterocycles. The number of hydrogen-bond acceptors (Lipinski definition) is 3. The van der Waals surface area contributed by atoms with Gasteiger partial charge >= 0.3 is 5.63 Å². The summed E-state index contributed by atoms with van der Waals surface area (Å²) in [5.74, 6) is 0. The monoisotopic (exact) mass is 215 g/mol. The third-order valence-corrected chi connectivity index (χ3v) is 2.45. The molecule has 1 heterocycles. The van der Waals surface area contributed by atoms with Gasteiger partial charge in [0.05, 0.1) is 0 Å². The Bertz CT molecular complexity index is 571. The molecule has 0 aliphatic rings. The van der Waals surface area contributed by atoms with Crippen molar-refractivity contribution in [1.82, 2.24) is 0 Å². The molecule has 0 aliphatic heterocycles. The molecule has 0 saturated carbocycles. The minimum absolute atomic E-state index is 0.320. The Labute approximate surface area is 93.6 Å². The van der Waals surface area contributed by atoms with Crippen LogP contribution in [0.3, 0.4) is 0 Å². The lowest BCUT2D eigenvalue weighted by Crippen LogP contribution is -2.16. The first-order chi connectivity index (χ1) is 7.70. The number of nitrogens with zero attached hydrogens (tertiary/aromatic N) is 1. The highest BCUT2D eigenvalue weighted by Gasteiger charge is 2.02. The molecular weight excluding hydrogens is 202 g/mol. The van der Waals surface area contributed by atoms with E-state index in [0.717, 1.165) is 17.6 Å². The van der Waals surface area contributed by atoms with E-state index < -0.39 is 0 Å². The predicted molar refractivity (Wildman–Crippen MR) is 66.0 cm³/mol. The van der Waals surface area contributed by atoms with E-state index >= 15 is 0 Å². The third-order valence-electron chi connectivity index (χ3n) is 2.45. The predicted octanol–water partition coefficient (Wildman–Crippen LogP) is 2.42. The molecule has 0 radical (unpaired) electrons. The fourth-order valence-electron chi connectivity index (χ4n) is 1.60. The summed E-state index contributed by atoms with van der Waals surface area (Å²) in [6.07, 6.45) is 1.84.